The number of amides is 3. The van der Waals surface area contributed by atoms with Crippen molar-refractivity contribution in [2.45, 2.75) is 12.8 Å². The number of piperidine rings is 1. The number of primary amides is 1. The van der Waals surface area contributed by atoms with Crippen LogP contribution < -0.4 is 11.2 Å². The lowest BCUT2D eigenvalue weighted by Crippen LogP contribution is -2.46. The predicted molar refractivity (Wildman–Crippen MR) is 101 cm³/mol. The predicted octanol–water partition coefficient (Wildman–Crippen LogP) is 2.35. The van der Waals surface area contributed by atoms with Crippen molar-refractivity contribution in [1.29, 1.82) is 0 Å². The third-order valence-corrected chi connectivity index (χ3v) is 4.48. The highest BCUT2D eigenvalue weighted by atomic mass is 16.2. The summed E-state index contributed by atoms with van der Waals surface area (Å²) in [7, 11) is 0. The van der Waals surface area contributed by atoms with Gasteiger partial charge in [-0.25, -0.2) is 10.2 Å². The summed E-state index contributed by atoms with van der Waals surface area (Å²) in [6.45, 7) is 0.935. The van der Waals surface area contributed by atoms with E-state index in [-0.39, 0.29) is 11.8 Å². The van der Waals surface area contributed by atoms with Crippen molar-refractivity contribution in [3.05, 3.63) is 71.8 Å². The van der Waals surface area contributed by atoms with E-state index in [0.717, 1.165) is 24.0 Å². The van der Waals surface area contributed by atoms with Crippen LogP contribution in [-0.2, 0) is 4.79 Å². The van der Waals surface area contributed by atoms with Crippen molar-refractivity contribution >= 4 is 17.6 Å². The molecule has 2 aromatic carbocycles. The number of rotatable bonds is 4. The number of carbonyl (C=O) groups excluding carboxylic acids is 2. The molecule has 0 saturated carbocycles. The first kappa shape index (κ1) is 17.7. The topological polar surface area (TPSA) is 87.8 Å². The van der Waals surface area contributed by atoms with E-state index in [2.05, 4.69) is 10.5 Å². The van der Waals surface area contributed by atoms with Gasteiger partial charge in [-0.2, -0.15) is 5.10 Å². The summed E-state index contributed by atoms with van der Waals surface area (Å²) in [5.74, 6) is -0.492. The maximum atomic E-state index is 12.5. The lowest BCUT2D eigenvalue weighted by molar-refractivity contribution is -0.126. The van der Waals surface area contributed by atoms with Crippen LogP contribution in [0.2, 0.25) is 0 Å². The van der Waals surface area contributed by atoms with Gasteiger partial charge in [-0.05, 0) is 12.8 Å². The average Bonchev–Trinajstić information content (AvgIpc) is 2.69. The van der Waals surface area contributed by atoms with Crippen LogP contribution in [0.4, 0.5) is 4.79 Å². The van der Waals surface area contributed by atoms with E-state index < -0.39 is 6.03 Å². The quantitative estimate of drug-likeness (QED) is 0.655. The fraction of sp³-hybridized carbons (Fsp3) is 0.250. The molecule has 0 aromatic heterocycles. The second-order valence-electron chi connectivity index (χ2n) is 6.29. The molecule has 134 valence electrons. The van der Waals surface area contributed by atoms with Gasteiger partial charge in [0.05, 0.1) is 11.6 Å². The first-order valence-corrected chi connectivity index (χ1v) is 8.68. The summed E-state index contributed by atoms with van der Waals surface area (Å²) in [6, 6.07) is 18.9. The molecule has 3 N–H and O–H groups in total. The second kappa shape index (κ2) is 8.29. The lowest BCUT2D eigenvalue weighted by Gasteiger charge is -2.30. The number of nitrogens with zero attached hydrogens (tertiary/aromatic N) is 2. The standard InChI is InChI=1S/C20H22N4O2/c21-20(26)24-13-7-12-17(14-24)19(25)23-22-18(15-8-3-1-4-9-15)16-10-5-2-6-11-16/h1-6,8-11,17H,7,12-14H2,(H2,21,26)(H,23,25). The third kappa shape index (κ3) is 4.27. The van der Waals surface area contributed by atoms with Gasteiger partial charge in [0.2, 0.25) is 5.91 Å². The van der Waals surface area contributed by atoms with E-state index in [4.69, 9.17) is 5.73 Å². The Hall–Kier alpha value is -3.15. The number of likely N-dealkylation sites (tertiary alicyclic amines) is 1. The zero-order chi connectivity index (χ0) is 18.4. The molecule has 1 aliphatic rings. The Bertz CT molecular complexity index is 748. The van der Waals surface area contributed by atoms with Crippen molar-refractivity contribution in [3.8, 4) is 0 Å². The molecule has 6 heteroatoms. The Labute approximate surface area is 152 Å². The summed E-state index contributed by atoms with van der Waals surface area (Å²) in [5, 5.41) is 4.39. The Morgan fingerprint density at radius 2 is 1.58 bits per heavy atom. The van der Waals surface area contributed by atoms with Crippen LogP contribution in [0.5, 0.6) is 0 Å². The minimum atomic E-state index is -0.486. The maximum Gasteiger partial charge on any atom is 0.314 e. The van der Waals surface area contributed by atoms with Gasteiger partial charge < -0.3 is 10.6 Å². The SMILES string of the molecule is NC(=O)N1CCCC(C(=O)NN=C(c2ccccc2)c2ccccc2)C1. The molecule has 1 fully saturated rings. The van der Waals surface area contributed by atoms with E-state index in [1.807, 2.05) is 60.7 Å². The minimum Gasteiger partial charge on any atom is -0.351 e. The van der Waals surface area contributed by atoms with Crippen molar-refractivity contribution < 1.29 is 9.59 Å². The minimum absolute atomic E-state index is 0.194. The zero-order valence-electron chi connectivity index (χ0n) is 14.5. The summed E-state index contributed by atoms with van der Waals surface area (Å²) in [4.78, 5) is 25.4. The van der Waals surface area contributed by atoms with E-state index in [0.29, 0.717) is 18.8 Å². The highest BCUT2D eigenvalue weighted by Crippen LogP contribution is 2.17. The molecule has 2 aromatic rings. The molecular weight excluding hydrogens is 328 g/mol. The number of urea groups is 1. The first-order valence-electron chi connectivity index (χ1n) is 8.68. The molecule has 0 radical (unpaired) electrons. The van der Waals surface area contributed by atoms with E-state index in [1.165, 1.54) is 4.90 Å². The van der Waals surface area contributed by atoms with Gasteiger partial charge in [0.1, 0.15) is 0 Å². The number of hydrazone groups is 1. The van der Waals surface area contributed by atoms with Gasteiger partial charge in [0.15, 0.2) is 0 Å². The average molecular weight is 350 g/mol. The first-order chi connectivity index (χ1) is 12.6. The molecule has 1 unspecified atom stereocenters. The molecule has 0 aliphatic carbocycles. The number of nitrogens with two attached hydrogens (primary N) is 1. The molecule has 0 spiro atoms. The smallest absolute Gasteiger partial charge is 0.314 e. The lowest BCUT2D eigenvalue weighted by atomic mass is 9.98. The molecule has 3 amide bonds. The molecule has 0 bridgehead atoms. The maximum absolute atomic E-state index is 12.5. The fourth-order valence-corrected chi connectivity index (χ4v) is 3.08. The summed E-state index contributed by atoms with van der Waals surface area (Å²) < 4.78 is 0. The van der Waals surface area contributed by atoms with Crippen LogP contribution >= 0.6 is 0 Å². The van der Waals surface area contributed by atoms with Gasteiger partial charge in [0.25, 0.3) is 0 Å². The van der Waals surface area contributed by atoms with Crippen LogP contribution in [0.3, 0.4) is 0 Å². The van der Waals surface area contributed by atoms with Crippen LogP contribution in [0.1, 0.15) is 24.0 Å². The molecule has 1 aliphatic heterocycles. The molecule has 1 atom stereocenters. The molecule has 26 heavy (non-hydrogen) atoms. The van der Waals surface area contributed by atoms with Gasteiger partial charge in [-0.3, -0.25) is 4.79 Å². The van der Waals surface area contributed by atoms with E-state index in [9.17, 15) is 9.59 Å². The molecule has 1 saturated heterocycles. The highest BCUT2D eigenvalue weighted by Gasteiger charge is 2.27. The number of benzene rings is 2. The number of hydrogen-bond acceptors (Lipinski definition) is 3. The van der Waals surface area contributed by atoms with E-state index in [1.54, 1.807) is 0 Å². The third-order valence-electron chi connectivity index (χ3n) is 4.48. The van der Waals surface area contributed by atoms with Gasteiger partial charge in [-0.1, -0.05) is 60.7 Å². The highest BCUT2D eigenvalue weighted by molar-refractivity contribution is 6.13. The van der Waals surface area contributed by atoms with Gasteiger partial charge >= 0.3 is 6.03 Å². The normalized spacial score (nSPS) is 16.6. The Kier molecular flexibility index (Phi) is 5.63. The second-order valence-corrected chi connectivity index (χ2v) is 6.29. The molecule has 6 nitrogen and oxygen atoms in total. The van der Waals surface area contributed by atoms with Gasteiger partial charge in [-0.15, -0.1) is 0 Å². The summed E-state index contributed by atoms with van der Waals surface area (Å²) in [6.07, 6.45) is 1.48. The van der Waals surface area contributed by atoms with E-state index >= 15 is 0 Å². The van der Waals surface area contributed by atoms with Crippen molar-refractivity contribution in [1.82, 2.24) is 10.3 Å². The number of nitrogens with one attached hydrogen (secondary N) is 1. The van der Waals surface area contributed by atoms with Gasteiger partial charge in [0, 0.05) is 24.2 Å². The van der Waals surface area contributed by atoms with Crippen LogP contribution in [0, 0.1) is 5.92 Å². The van der Waals surface area contributed by atoms with Crippen LogP contribution in [0.25, 0.3) is 0 Å². The number of hydrogen-bond donors (Lipinski definition) is 2. The molecule has 3 rings (SSSR count). The zero-order valence-corrected chi connectivity index (χ0v) is 14.5. The Morgan fingerprint density at radius 3 is 2.12 bits per heavy atom. The monoisotopic (exact) mass is 350 g/mol. The Balaban J connectivity index is 1.78. The number of carbonyl (C=O) groups is 2. The summed E-state index contributed by atoms with van der Waals surface area (Å²) in [5.41, 5.74) is 10.5. The largest absolute Gasteiger partial charge is 0.351 e. The van der Waals surface area contributed by atoms with Crippen LogP contribution in [0.15, 0.2) is 65.8 Å². The van der Waals surface area contributed by atoms with Crippen LogP contribution in [-0.4, -0.2) is 35.6 Å². The fourth-order valence-electron chi connectivity index (χ4n) is 3.08. The summed E-state index contributed by atoms with van der Waals surface area (Å²) >= 11 is 0. The van der Waals surface area contributed by atoms with Crippen molar-refractivity contribution in [2.24, 2.45) is 16.8 Å². The molecule has 1 heterocycles. The Morgan fingerprint density at radius 1 is 1.00 bits per heavy atom. The van der Waals surface area contributed by atoms with Crippen molar-refractivity contribution in [3.63, 3.8) is 0 Å². The van der Waals surface area contributed by atoms with Crippen molar-refractivity contribution in [2.75, 3.05) is 13.1 Å². The molecular formula is C20H22N4O2.